The zero-order valence-corrected chi connectivity index (χ0v) is 16.9. The predicted octanol–water partition coefficient (Wildman–Crippen LogP) is 5.67. The number of aryl methyl sites for hydroxylation is 1. The molecule has 1 saturated heterocycles. The van der Waals surface area contributed by atoms with Gasteiger partial charge in [0, 0.05) is 23.4 Å². The van der Waals surface area contributed by atoms with E-state index in [0.29, 0.717) is 35.9 Å². The molecule has 4 nitrogen and oxygen atoms in total. The van der Waals surface area contributed by atoms with Crippen molar-refractivity contribution in [3.05, 3.63) is 51.5 Å². The average Bonchev–Trinajstić information content (AvgIpc) is 3.13. The molecule has 2 N–H and O–H groups in total. The van der Waals surface area contributed by atoms with Crippen LogP contribution in [0.1, 0.15) is 33.8 Å². The second kappa shape index (κ2) is 7.46. The Kier molecular flexibility index (Phi) is 5.16. The Balaban J connectivity index is 1.66. The molecule has 1 aromatic carbocycles. The Hall–Kier alpha value is -1.96. The molecule has 3 heterocycles. The molecule has 1 aliphatic heterocycles. The van der Waals surface area contributed by atoms with Crippen molar-refractivity contribution < 1.29 is 13.6 Å². The first kappa shape index (κ1) is 19.4. The molecular weight excluding hydrogens is 404 g/mol. The summed E-state index contributed by atoms with van der Waals surface area (Å²) in [5.41, 5.74) is 2.52. The van der Waals surface area contributed by atoms with Gasteiger partial charge in [-0.25, -0.2) is 8.78 Å². The van der Waals surface area contributed by atoms with Gasteiger partial charge in [0.2, 0.25) is 0 Å². The van der Waals surface area contributed by atoms with Gasteiger partial charge in [0.1, 0.15) is 5.69 Å². The van der Waals surface area contributed by atoms with Crippen LogP contribution in [0.25, 0.3) is 10.2 Å². The van der Waals surface area contributed by atoms with Crippen LogP contribution in [0, 0.1) is 6.92 Å². The first-order valence-electron chi connectivity index (χ1n) is 9.09. The third-order valence-electron chi connectivity index (χ3n) is 4.89. The Morgan fingerprint density at radius 1 is 1.39 bits per heavy atom. The summed E-state index contributed by atoms with van der Waals surface area (Å²) in [7, 11) is 0. The third-order valence-corrected chi connectivity index (χ3v) is 6.33. The average molecular weight is 424 g/mol. The van der Waals surface area contributed by atoms with Gasteiger partial charge in [0.15, 0.2) is 0 Å². The third kappa shape index (κ3) is 3.92. The lowest BCUT2D eigenvalue weighted by atomic mass is 10.1. The molecule has 0 radical (unpaired) electrons. The van der Waals surface area contributed by atoms with E-state index in [1.807, 2.05) is 13.0 Å². The van der Waals surface area contributed by atoms with Crippen molar-refractivity contribution in [3.63, 3.8) is 0 Å². The van der Waals surface area contributed by atoms with Crippen molar-refractivity contribution >= 4 is 44.7 Å². The molecule has 28 heavy (non-hydrogen) atoms. The fourth-order valence-electron chi connectivity index (χ4n) is 3.65. The first-order valence-corrected chi connectivity index (χ1v) is 10.3. The number of amides is 1. The molecule has 0 bridgehead atoms. The number of aromatic amines is 1. The van der Waals surface area contributed by atoms with Crippen LogP contribution in [0.4, 0.5) is 14.5 Å². The molecular formula is C20H20ClF2N3OS. The summed E-state index contributed by atoms with van der Waals surface area (Å²) in [6.45, 7) is 2.61. The fourth-order valence-corrected chi connectivity index (χ4v) is 4.84. The summed E-state index contributed by atoms with van der Waals surface area (Å²) in [5, 5.41) is 3.26. The van der Waals surface area contributed by atoms with Crippen LogP contribution < -0.4 is 5.32 Å². The highest BCUT2D eigenvalue weighted by atomic mass is 35.5. The monoisotopic (exact) mass is 423 g/mol. The Labute approximate surface area is 170 Å². The summed E-state index contributed by atoms with van der Waals surface area (Å²) in [6.07, 6.45) is 0.370. The van der Waals surface area contributed by atoms with Gasteiger partial charge in [0.05, 0.1) is 27.5 Å². The minimum atomic E-state index is -2.68. The first-order chi connectivity index (χ1) is 13.3. The molecule has 148 valence electrons. The SMILES string of the molecule is Cc1cc2[nH]c(C(=O)Nc3ccccc3Cl)c(CN3CCCC(F)(F)C3)c2s1. The van der Waals surface area contributed by atoms with Crippen LogP contribution in [0.3, 0.4) is 0 Å². The van der Waals surface area contributed by atoms with Gasteiger partial charge in [0.25, 0.3) is 11.8 Å². The lowest BCUT2D eigenvalue weighted by Gasteiger charge is -2.32. The standard InChI is InChI=1S/C20H20ClF2N3OS/c1-12-9-16-18(28-12)13(10-26-8-4-7-20(22,23)11-26)17(24-16)19(27)25-15-6-3-2-5-14(15)21/h2-3,5-6,9,24H,4,7-8,10-11H2,1H3,(H,25,27). The van der Waals surface area contributed by atoms with E-state index >= 15 is 0 Å². The van der Waals surface area contributed by atoms with E-state index in [-0.39, 0.29) is 18.9 Å². The number of carbonyl (C=O) groups excluding carboxylic acids is 1. The molecule has 0 saturated carbocycles. The number of rotatable bonds is 4. The minimum absolute atomic E-state index is 0.0794. The molecule has 0 unspecified atom stereocenters. The number of piperidine rings is 1. The maximum atomic E-state index is 13.9. The molecule has 0 atom stereocenters. The summed E-state index contributed by atoms with van der Waals surface area (Å²) < 4.78 is 28.6. The van der Waals surface area contributed by atoms with Gasteiger partial charge in [-0.3, -0.25) is 9.69 Å². The van der Waals surface area contributed by atoms with E-state index in [1.54, 1.807) is 40.5 Å². The number of nitrogens with zero attached hydrogens (tertiary/aromatic N) is 1. The highest BCUT2D eigenvalue weighted by Crippen LogP contribution is 2.34. The van der Waals surface area contributed by atoms with Gasteiger partial charge < -0.3 is 10.3 Å². The number of likely N-dealkylation sites (tertiary alicyclic amines) is 1. The van der Waals surface area contributed by atoms with Crippen molar-refractivity contribution in [1.29, 1.82) is 0 Å². The smallest absolute Gasteiger partial charge is 0.272 e. The van der Waals surface area contributed by atoms with Crippen LogP contribution in [0.5, 0.6) is 0 Å². The van der Waals surface area contributed by atoms with Crippen LogP contribution in [0.2, 0.25) is 5.02 Å². The highest BCUT2D eigenvalue weighted by Gasteiger charge is 2.36. The van der Waals surface area contributed by atoms with E-state index in [9.17, 15) is 13.6 Å². The van der Waals surface area contributed by atoms with E-state index in [2.05, 4.69) is 10.3 Å². The number of halogens is 3. The molecule has 1 fully saturated rings. The number of thiophene rings is 1. The molecule has 1 amide bonds. The predicted molar refractivity (Wildman–Crippen MR) is 110 cm³/mol. The quantitative estimate of drug-likeness (QED) is 0.567. The second-order valence-corrected chi connectivity index (χ2v) is 8.85. The summed E-state index contributed by atoms with van der Waals surface area (Å²) >= 11 is 7.71. The molecule has 2 aromatic heterocycles. The number of fused-ring (bicyclic) bond motifs is 1. The summed E-state index contributed by atoms with van der Waals surface area (Å²) in [5.74, 6) is -3.01. The maximum absolute atomic E-state index is 13.9. The molecule has 4 rings (SSSR count). The number of hydrogen-bond acceptors (Lipinski definition) is 3. The number of aromatic nitrogens is 1. The molecule has 3 aromatic rings. The number of hydrogen-bond donors (Lipinski definition) is 2. The van der Waals surface area contributed by atoms with Crippen molar-refractivity contribution in [2.45, 2.75) is 32.2 Å². The summed E-state index contributed by atoms with van der Waals surface area (Å²) in [4.78, 5) is 19.0. The number of benzene rings is 1. The number of nitrogens with one attached hydrogen (secondary N) is 2. The number of carbonyl (C=O) groups is 1. The van der Waals surface area contributed by atoms with Gasteiger partial charge in [-0.2, -0.15) is 0 Å². The van der Waals surface area contributed by atoms with Crippen LogP contribution in [0.15, 0.2) is 30.3 Å². The van der Waals surface area contributed by atoms with Gasteiger partial charge >= 0.3 is 0 Å². The Morgan fingerprint density at radius 2 is 2.18 bits per heavy atom. The van der Waals surface area contributed by atoms with Gasteiger partial charge in [-0.1, -0.05) is 23.7 Å². The zero-order valence-electron chi connectivity index (χ0n) is 15.3. The van der Waals surface area contributed by atoms with Crippen molar-refractivity contribution in [2.75, 3.05) is 18.4 Å². The van der Waals surface area contributed by atoms with Crippen molar-refractivity contribution in [1.82, 2.24) is 9.88 Å². The Morgan fingerprint density at radius 3 is 2.93 bits per heavy atom. The largest absolute Gasteiger partial charge is 0.350 e. The Bertz CT molecular complexity index is 1030. The van der Waals surface area contributed by atoms with Crippen LogP contribution in [-0.2, 0) is 6.54 Å². The fraction of sp³-hybridized carbons (Fsp3) is 0.350. The number of para-hydroxylation sites is 1. The van der Waals surface area contributed by atoms with Crippen molar-refractivity contribution in [3.8, 4) is 0 Å². The lowest BCUT2D eigenvalue weighted by molar-refractivity contribution is -0.0660. The molecule has 1 aliphatic rings. The highest BCUT2D eigenvalue weighted by molar-refractivity contribution is 7.19. The molecule has 0 aliphatic carbocycles. The van der Waals surface area contributed by atoms with Crippen LogP contribution in [-0.4, -0.2) is 34.8 Å². The lowest BCUT2D eigenvalue weighted by Crippen LogP contribution is -2.42. The summed E-state index contributed by atoms with van der Waals surface area (Å²) in [6, 6.07) is 8.97. The topological polar surface area (TPSA) is 48.1 Å². The minimum Gasteiger partial charge on any atom is -0.350 e. The number of alkyl halides is 2. The molecule has 0 spiro atoms. The maximum Gasteiger partial charge on any atom is 0.272 e. The number of H-pyrrole nitrogens is 1. The van der Waals surface area contributed by atoms with Crippen molar-refractivity contribution in [2.24, 2.45) is 0 Å². The van der Waals surface area contributed by atoms with E-state index in [0.717, 1.165) is 20.7 Å². The van der Waals surface area contributed by atoms with Gasteiger partial charge in [-0.15, -0.1) is 11.3 Å². The van der Waals surface area contributed by atoms with E-state index < -0.39 is 5.92 Å². The molecule has 8 heteroatoms. The van der Waals surface area contributed by atoms with E-state index in [4.69, 9.17) is 11.6 Å². The normalized spacial score (nSPS) is 17.1. The zero-order chi connectivity index (χ0) is 19.9. The number of anilines is 1. The van der Waals surface area contributed by atoms with E-state index in [1.165, 1.54) is 0 Å². The van der Waals surface area contributed by atoms with Crippen LogP contribution >= 0.6 is 22.9 Å². The second-order valence-electron chi connectivity index (χ2n) is 7.18. The van der Waals surface area contributed by atoms with Gasteiger partial charge in [-0.05, 0) is 38.1 Å².